The van der Waals surface area contributed by atoms with Crippen molar-refractivity contribution in [2.24, 2.45) is 5.92 Å². The van der Waals surface area contributed by atoms with Crippen LogP contribution in [-0.4, -0.2) is 85.6 Å². The smallest absolute Gasteiger partial charge is 0.241 e. The molecule has 218 valence electrons. The molecule has 2 aromatic rings. The van der Waals surface area contributed by atoms with Gasteiger partial charge < -0.3 is 19.4 Å². The first-order chi connectivity index (χ1) is 19.3. The Kier molecular flexibility index (Phi) is 11.1. The number of nitrogens with zero attached hydrogens (tertiary/aromatic N) is 4. The summed E-state index contributed by atoms with van der Waals surface area (Å²) in [6.07, 6.45) is 5.43. The van der Waals surface area contributed by atoms with Crippen molar-refractivity contribution < 1.29 is 9.53 Å². The molecule has 2 aliphatic rings. The third kappa shape index (κ3) is 8.58. The number of hydrogen-bond donors (Lipinski definition) is 0. The molecule has 0 spiro atoms. The summed E-state index contributed by atoms with van der Waals surface area (Å²) in [5.74, 6) is 1.86. The molecule has 0 bridgehead atoms. The second kappa shape index (κ2) is 14.7. The number of carbonyl (C=O) groups excluding carboxylic acids is 1. The molecule has 1 atom stereocenters. The molecule has 0 radical (unpaired) electrons. The SMILES string of the molecule is CC(C)=CCN(c1ccc(OCc2ccccc2)cc1)C1CCN(C(=O)C2CN(C)CCN2CCC(C)C)CC1. The molecule has 0 aromatic heterocycles. The molecule has 1 amide bonds. The first-order valence-corrected chi connectivity index (χ1v) is 15.2. The van der Waals surface area contributed by atoms with E-state index in [1.807, 2.05) is 18.2 Å². The van der Waals surface area contributed by atoms with Gasteiger partial charge in [0.05, 0.1) is 0 Å². The number of anilines is 1. The van der Waals surface area contributed by atoms with Gasteiger partial charge in [0.2, 0.25) is 5.91 Å². The molecule has 0 saturated carbocycles. The number of hydrogen-bond acceptors (Lipinski definition) is 5. The summed E-state index contributed by atoms with van der Waals surface area (Å²) in [6.45, 7) is 15.8. The third-order valence-electron chi connectivity index (χ3n) is 8.30. The van der Waals surface area contributed by atoms with Gasteiger partial charge in [-0.15, -0.1) is 0 Å². The van der Waals surface area contributed by atoms with Crippen LogP contribution in [0.15, 0.2) is 66.2 Å². The van der Waals surface area contributed by atoms with E-state index in [1.54, 1.807) is 0 Å². The standard InChI is InChI=1S/C34H50N4O2/c1-27(2)15-19-36-24-23-35(5)25-33(36)34(39)37-20-17-31(18-21-37)38(22-16-28(3)4)30-11-13-32(14-12-30)40-26-29-9-7-6-8-10-29/h6-14,16,27,31,33H,15,17-26H2,1-5H3. The van der Waals surface area contributed by atoms with Gasteiger partial charge in [-0.25, -0.2) is 0 Å². The van der Waals surface area contributed by atoms with Crippen LogP contribution in [0.3, 0.4) is 0 Å². The number of carbonyl (C=O) groups is 1. The van der Waals surface area contributed by atoms with E-state index >= 15 is 0 Å². The lowest BCUT2D eigenvalue weighted by atomic mass is 10.00. The Balaban J connectivity index is 1.38. The number of piperidine rings is 1. The summed E-state index contributed by atoms with van der Waals surface area (Å²) in [5, 5.41) is 0. The number of likely N-dealkylation sites (tertiary alicyclic amines) is 1. The zero-order valence-electron chi connectivity index (χ0n) is 25.4. The zero-order chi connectivity index (χ0) is 28.5. The number of rotatable bonds is 11. The summed E-state index contributed by atoms with van der Waals surface area (Å²) in [7, 11) is 2.14. The lowest BCUT2D eigenvalue weighted by molar-refractivity contribution is -0.140. The number of likely N-dealkylation sites (N-methyl/N-ethyl adjacent to an activating group) is 1. The maximum Gasteiger partial charge on any atom is 0.241 e. The van der Waals surface area contributed by atoms with Crippen LogP contribution in [0.1, 0.15) is 52.5 Å². The van der Waals surface area contributed by atoms with Gasteiger partial charge in [0.15, 0.2) is 0 Å². The van der Waals surface area contributed by atoms with Crippen molar-refractivity contribution in [3.63, 3.8) is 0 Å². The van der Waals surface area contributed by atoms with Crippen molar-refractivity contribution in [2.75, 3.05) is 57.8 Å². The number of allylic oxidation sites excluding steroid dienone is 1. The van der Waals surface area contributed by atoms with E-state index in [-0.39, 0.29) is 6.04 Å². The lowest BCUT2D eigenvalue weighted by Gasteiger charge is -2.44. The molecule has 40 heavy (non-hydrogen) atoms. The van der Waals surface area contributed by atoms with E-state index in [0.29, 0.717) is 24.5 Å². The van der Waals surface area contributed by atoms with Crippen LogP contribution in [-0.2, 0) is 11.4 Å². The Morgan fingerprint density at radius 2 is 1.70 bits per heavy atom. The molecular weight excluding hydrogens is 496 g/mol. The molecular formula is C34H50N4O2. The van der Waals surface area contributed by atoms with Gasteiger partial charge in [0.1, 0.15) is 18.4 Å². The van der Waals surface area contributed by atoms with Gasteiger partial charge in [-0.3, -0.25) is 9.69 Å². The Bertz CT molecular complexity index is 1070. The first-order valence-electron chi connectivity index (χ1n) is 15.2. The minimum absolute atomic E-state index is 0.0146. The molecule has 6 nitrogen and oxygen atoms in total. The van der Waals surface area contributed by atoms with Crippen molar-refractivity contribution in [3.05, 3.63) is 71.8 Å². The second-order valence-corrected chi connectivity index (χ2v) is 12.3. The minimum atomic E-state index is -0.0146. The van der Waals surface area contributed by atoms with Crippen LogP contribution >= 0.6 is 0 Å². The Morgan fingerprint density at radius 1 is 1.00 bits per heavy atom. The Morgan fingerprint density at radius 3 is 2.35 bits per heavy atom. The average molecular weight is 547 g/mol. The van der Waals surface area contributed by atoms with Gasteiger partial charge in [-0.2, -0.15) is 0 Å². The molecule has 2 fully saturated rings. The van der Waals surface area contributed by atoms with Crippen molar-refractivity contribution in [2.45, 2.75) is 65.6 Å². The first kappa shape index (κ1) is 30.1. The van der Waals surface area contributed by atoms with Gasteiger partial charge in [-0.05, 0) is 82.4 Å². The maximum absolute atomic E-state index is 13.7. The fourth-order valence-corrected chi connectivity index (χ4v) is 5.71. The van der Waals surface area contributed by atoms with Crippen LogP contribution in [0.4, 0.5) is 5.69 Å². The lowest BCUT2D eigenvalue weighted by Crippen LogP contribution is -2.60. The van der Waals surface area contributed by atoms with E-state index in [2.05, 4.69) is 96.8 Å². The number of piperazine rings is 1. The van der Waals surface area contributed by atoms with Crippen molar-refractivity contribution in [1.29, 1.82) is 0 Å². The topological polar surface area (TPSA) is 39.3 Å². The quantitative estimate of drug-likeness (QED) is 0.339. The summed E-state index contributed by atoms with van der Waals surface area (Å²) in [4.78, 5) is 23.1. The molecule has 4 rings (SSSR count). The fourth-order valence-electron chi connectivity index (χ4n) is 5.71. The summed E-state index contributed by atoms with van der Waals surface area (Å²) >= 11 is 0. The molecule has 2 aromatic carbocycles. The van der Waals surface area contributed by atoms with Crippen LogP contribution in [0.5, 0.6) is 5.75 Å². The predicted molar refractivity (Wildman–Crippen MR) is 166 cm³/mol. The monoisotopic (exact) mass is 546 g/mol. The second-order valence-electron chi connectivity index (χ2n) is 12.3. The highest BCUT2D eigenvalue weighted by atomic mass is 16.5. The zero-order valence-corrected chi connectivity index (χ0v) is 25.4. The largest absolute Gasteiger partial charge is 0.489 e. The molecule has 2 saturated heterocycles. The van der Waals surface area contributed by atoms with E-state index in [4.69, 9.17) is 4.74 Å². The Labute approximate surface area is 242 Å². The highest BCUT2D eigenvalue weighted by Gasteiger charge is 2.36. The summed E-state index contributed by atoms with van der Waals surface area (Å²) in [5.41, 5.74) is 3.70. The van der Waals surface area contributed by atoms with Gasteiger partial charge >= 0.3 is 0 Å². The summed E-state index contributed by atoms with van der Waals surface area (Å²) < 4.78 is 6.03. The van der Waals surface area contributed by atoms with E-state index in [9.17, 15) is 4.79 Å². The van der Waals surface area contributed by atoms with Crippen LogP contribution < -0.4 is 9.64 Å². The molecule has 2 aliphatic heterocycles. The van der Waals surface area contributed by atoms with Gasteiger partial charge in [0, 0.05) is 51.0 Å². The normalized spacial score (nSPS) is 19.1. The van der Waals surface area contributed by atoms with E-state index in [1.165, 1.54) is 16.8 Å². The van der Waals surface area contributed by atoms with Crippen LogP contribution in [0.25, 0.3) is 0 Å². The highest BCUT2D eigenvalue weighted by molar-refractivity contribution is 5.82. The van der Waals surface area contributed by atoms with Crippen LogP contribution in [0.2, 0.25) is 0 Å². The number of ether oxygens (including phenoxy) is 1. The average Bonchev–Trinajstić information content (AvgIpc) is 2.96. The van der Waals surface area contributed by atoms with Gasteiger partial charge in [-0.1, -0.05) is 55.8 Å². The molecule has 0 aliphatic carbocycles. The molecule has 6 heteroatoms. The summed E-state index contributed by atoms with van der Waals surface area (Å²) in [6, 6.07) is 19.2. The van der Waals surface area contributed by atoms with E-state index < -0.39 is 0 Å². The minimum Gasteiger partial charge on any atom is -0.489 e. The van der Waals surface area contributed by atoms with Crippen LogP contribution in [0, 0.1) is 5.92 Å². The third-order valence-corrected chi connectivity index (χ3v) is 8.30. The molecule has 1 unspecified atom stereocenters. The Hall–Kier alpha value is -2.83. The maximum atomic E-state index is 13.7. The van der Waals surface area contributed by atoms with Crippen molar-refractivity contribution in [3.8, 4) is 5.75 Å². The van der Waals surface area contributed by atoms with Crippen molar-refractivity contribution >= 4 is 11.6 Å². The fraction of sp³-hybridized carbons (Fsp3) is 0.559. The molecule has 2 heterocycles. The van der Waals surface area contributed by atoms with E-state index in [0.717, 1.165) is 70.8 Å². The number of amides is 1. The molecule has 0 N–H and O–H groups in total. The highest BCUT2D eigenvalue weighted by Crippen LogP contribution is 2.27. The van der Waals surface area contributed by atoms with Gasteiger partial charge in [0.25, 0.3) is 0 Å². The predicted octanol–water partition coefficient (Wildman–Crippen LogP) is 5.69. The van der Waals surface area contributed by atoms with Crippen molar-refractivity contribution in [1.82, 2.24) is 14.7 Å². The number of benzene rings is 2.